The SMILES string of the molecule is CCN(Cc1noc(CC(C)C)n1)C(=O)CCc1c(C)n[nH]c1C. The van der Waals surface area contributed by atoms with Crippen molar-refractivity contribution in [2.24, 2.45) is 5.92 Å². The van der Waals surface area contributed by atoms with Crippen LogP contribution in [-0.2, 0) is 24.2 Å². The zero-order valence-electron chi connectivity index (χ0n) is 15.2. The standard InChI is InChI=1S/C17H27N5O2/c1-6-22(10-15-18-16(24-21-15)9-11(2)3)17(23)8-7-14-12(4)19-20-13(14)5/h11H,6-10H2,1-5H3,(H,19,20). The molecule has 0 saturated heterocycles. The summed E-state index contributed by atoms with van der Waals surface area (Å²) in [6.07, 6.45) is 1.90. The van der Waals surface area contributed by atoms with Crippen molar-refractivity contribution in [3.8, 4) is 0 Å². The van der Waals surface area contributed by atoms with E-state index < -0.39 is 0 Å². The van der Waals surface area contributed by atoms with E-state index in [2.05, 4.69) is 34.2 Å². The highest BCUT2D eigenvalue weighted by Crippen LogP contribution is 2.13. The van der Waals surface area contributed by atoms with Crippen molar-refractivity contribution in [1.82, 2.24) is 25.2 Å². The van der Waals surface area contributed by atoms with Crippen LogP contribution in [0.1, 0.15) is 55.9 Å². The van der Waals surface area contributed by atoms with Gasteiger partial charge in [-0.15, -0.1) is 0 Å². The molecule has 2 aromatic heterocycles. The van der Waals surface area contributed by atoms with Crippen molar-refractivity contribution >= 4 is 5.91 Å². The van der Waals surface area contributed by atoms with Gasteiger partial charge < -0.3 is 9.42 Å². The van der Waals surface area contributed by atoms with Gasteiger partial charge in [0.2, 0.25) is 11.8 Å². The normalized spacial score (nSPS) is 11.2. The minimum absolute atomic E-state index is 0.0905. The molecule has 24 heavy (non-hydrogen) atoms. The van der Waals surface area contributed by atoms with Crippen molar-refractivity contribution in [1.29, 1.82) is 0 Å². The maximum atomic E-state index is 12.5. The molecular formula is C17H27N5O2. The van der Waals surface area contributed by atoms with E-state index in [0.717, 1.165) is 23.4 Å². The Balaban J connectivity index is 1.92. The van der Waals surface area contributed by atoms with Crippen LogP contribution < -0.4 is 0 Å². The summed E-state index contributed by atoms with van der Waals surface area (Å²) in [7, 11) is 0. The third-order valence-electron chi connectivity index (χ3n) is 4.03. The summed E-state index contributed by atoms with van der Waals surface area (Å²) in [5.74, 6) is 1.75. The van der Waals surface area contributed by atoms with E-state index >= 15 is 0 Å². The van der Waals surface area contributed by atoms with Crippen LogP contribution in [0.4, 0.5) is 0 Å². The number of amides is 1. The molecule has 0 spiro atoms. The molecule has 0 fully saturated rings. The second-order valence-electron chi connectivity index (χ2n) is 6.52. The lowest BCUT2D eigenvalue weighted by Crippen LogP contribution is -2.31. The molecule has 132 valence electrons. The number of H-pyrrole nitrogens is 1. The topological polar surface area (TPSA) is 87.9 Å². The van der Waals surface area contributed by atoms with Gasteiger partial charge >= 0.3 is 0 Å². The fraction of sp³-hybridized carbons (Fsp3) is 0.647. The Morgan fingerprint density at radius 2 is 2.08 bits per heavy atom. The number of carbonyl (C=O) groups is 1. The fourth-order valence-corrected chi connectivity index (χ4v) is 2.67. The molecule has 2 rings (SSSR count). The fourth-order valence-electron chi connectivity index (χ4n) is 2.67. The van der Waals surface area contributed by atoms with Gasteiger partial charge in [-0.3, -0.25) is 9.89 Å². The molecule has 0 bridgehead atoms. The monoisotopic (exact) mass is 333 g/mol. The first-order valence-electron chi connectivity index (χ1n) is 8.50. The second-order valence-corrected chi connectivity index (χ2v) is 6.52. The van der Waals surface area contributed by atoms with Gasteiger partial charge in [-0.05, 0) is 38.7 Å². The molecule has 0 aliphatic carbocycles. The molecule has 0 aliphatic heterocycles. The molecule has 0 radical (unpaired) electrons. The maximum Gasteiger partial charge on any atom is 0.226 e. The van der Waals surface area contributed by atoms with E-state index in [9.17, 15) is 4.79 Å². The van der Waals surface area contributed by atoms with E-state index in [1.54, 1.807) is 4.90 Å². The predicted molar refractivity (Wildman–Crippen MR) is 90.3 cm³/mol. The van der Waals surface area contributed by atoms with Crippen molar-refractivity contribution < 1.29 is 9.32 Å². The number of nitrogens with zero attached hydrogens (tertiary/aromatic N) is 4. The third-order valence-corrected chi connectivity index (χ3v) is 4.03. The Labute approximate surface area is 142 Å². The predicted octanol–water partition coefficient (Wildman–Crippen LogP) is 2.59. The van der Waals surface area contributed by atoms with Crippen LogP contribution >= 0.6 is 0 Å². The largest absolute Gasteiger partial charge is 0.339 e. The van der Waals surface area contributed by atoms with Crippen molar-refractivity contribution in [3.05, 3.63) is 28.7 Å². The Hall–Kier alpha value is -2.18. The van der Waals surface area contributed by atoms with E-state index in [-0.39, 0.29) is 5.91 Å². The minimum atomic E-state index is 0.0905. The van der Waals surface area contributed by atoms with E-state index in [0.29, 0.717) is 43.6 Å². The summed E-state index contributed by atoms with van der Waals surface area (Å²) in [4.78, 5) is 18.6. The lowest BCUT2D eigenvalue weighted by Gasteiger charge is -2.19. The summed E-state index contributed by atoms with van der Waals surface area (Å²) in [6.45, 7) is 11.1. The van der Waals surface area contributed by atoms with Crippen molar-refractivity contribution in [2.45, 2.75) is 60.4 Å². The number of aromatic nitrogens is 4. The van der Waals surface area contributed by atoms with Crippen LogP contribution in [-0.4, -0.2) is 37.7 Å². The minimum Gasteiger partial charge on any atom is -0.339 e. The molecular weight excluding hydrogens is 306 g/mol. The van der Waals surface area contributed by atoms with Crippen LogP contribution in [0.25, 0.3) is 0 Å². The number of rotatable bonds is 8. The summed E-state index contributed by atoms with van der Waals surface area (Å²) < 4.78 is 5.24. The van der Waals surface area contributed by atoms with Gasteiger partial charge in [0, 0.05) is 25.1 Å². The van der Waals surface area contributed by atoms with E-state index in [1.165, 1.54) is 0 Å². The molecule has 0 unspecified atom stereocenters. The molecule has 2 aromatic rings. The van der Waals surface area contributed by atoms with Crippen LogP contribution in [0, 0.1) is 19.8 Å². The van der Waals surface area contributed by atoms with Crippen molar-refractivity contribution in [2.75, 3.05) is 6.54 Å². The Bertz CT molecular complexity index is 655. The van der Waals surface area contributed by atoms with Crippen LogP contribution in [0.5, 0.6) is 0 Å². The molecule has 0 saturated carbocycles. The lowest BCUT2D eigenvalue weighted by molar-refractivity contribution is -0.131. The molecule has 0 aliphatic rings. The molecule has 0 aromatic carbocycles. The average Bonchev–Trinajstić information content (AvgIpc) is 3.09. The highest BCUT2D eigenvalue weighted by atomic mass is 16.5. The molecule has 1 N–H and O–H groups in total. The smallest absolute Gasteiger partial charge is 0.226 e. The molecule has 2 heterocycles. The highest BCUT2D eigenvalue weighted by Gasteiger charge is 2.17. The quantitative estimate of drug-likeness (QED) is 0.802. The lowest BCUT2D eigenvalue weighted by atomic mass is 10.1. The third kappa shape index (κ3) is 4.66. The number of hydrogen-bond donors (Lipinski definition) is 1. The summed E-state index contributed by atoms with van der Waals surface area (Å²) in [6, 6.07) is 0. The van der Waals surface area contributed by atoms with Gasteiger partial charge in [0.25, 0.3) is 0 Å². The van der Waals surface area contributed by atoms with E-state index in [4.69, 9.17) is 4.52 Å². The maximum absolute atomic E-state index is 12.5. The summed E-state index contributed by atoms with van der Waals surface area (Å²) >= 11 is 0. The number of nitrogens with one attached hydrogen (secondary N) is 1. The van der Waals surface area contributed by atoms with Crippen LogP contribution in [0.15, 0.2) is 4.52 Å². The number of aromatic amines is 1. The number of carbonyl (C=O) groups excluding carboxylic acids is 1. The van der Waals surface area contributed by atoms with Gasteiger partial charge in [-0.1, -0.05) is 19.0 Å². The average molecular weight is 333 g/mol. The number of hydrogen-bond acceptors (Lipinski definition) is 5. The van der Waals surface area contributed by atoms with Crippen molar-refractivity contribution in [3.63, 3.8) is 0 Å². The zero-order chi connectivity index (χ0) is 17.7. The highest BCUT2D eigenvalue weighted by molar-refractivity contribution is 5.76. The first-order chi connectivity index (χ1) is 11.4. The van der Waals surface area contributed by atoms with Gasteiger partial charge in [0.15, 0.2) is 5.82 Å². The molecule has 0 atom stereocenters. The van der Waals surface area contributed by atoms with Gasteiger partial charge in [-0.25, -0.2) is 0 Å². The first-order valence-corrected chi connectivity index (χ1v) is 8.50. The first kappa shape index (κ1) is 18.2. The summed E-state index contributed by atoms with van der Waals surface area (Å²) in [5.41, 5.74) is 3.11. The van der Waals surface area contributed by atoms with Gasteiger partial charge in [0.05, 0.1) is 12.2 Å². The number of aryl methyl sites for hydroxylation is 2. The Kier molecular flexibility index (Phi) is 6.11. The molecule has 7 nitrogen and oxygen atoms in total. The second kappa shape index (κ2) is 8.08. The van der Waals surface area contributed by atoms with E-state index in [1.807, 2.05) is 20.8 Å². The van der Waals surface area contributed by atoms with Gasteiger partial charge in [0.1, 0.15) is 0 Å². The Morgan fingerprint density at radius 1 is 1.33 bits per heavy atom. The Morgan fingerprint density at radius 3 is 2.67 bits per heavy atom. The molecule has 7 heteroatoms. The summed E-state index contributed by atoms with van der Waals surface area (Å²) in [5, 5.41) is 11.1. The van der Waals surface area contributed by atoms with Gasteiger partial charge in [-0.2, -0.15) is 10.1 Å². The molecule has 1 amide bonds. The van der Waals surface area contributed by atoms with Crippen LogP contribution in [0.2, 0.25) is 0 Å². The zero-order valence-corrected chi connectivity index (χ0v) is 15.2. The van der Waals surface area contributed by atoms with Crippen LogP contribution in [0.3, 0.4) is 0 Å².